The van der Waals surface area contributed by atoms with Crippen molar-refractivity contribution < 1.29 is 9.59 Å². The summed E-state index contributed by atoms with van der Waals surface area (Å²) in [6, 6.07) is 18.5. The van der Waals surface area contributed by atoms with Crippen LogP contribution in [0.3, 0.4) is 0 Å². The van der Waals surface area contributed by atoms with Crippen molar-refractivity contribution in [3.63, 3.8) is 0 Å². The maximum absolute atomic E-state index is 12.1. The van der Waals surface area contributed by atoms with Crippen LogP contribution in [0.5, 0.6) is 0 Å². The standard InChI is InChI=1S/C21H17N3O2/c25-19(21-22-13-4-14-23-21)12-11-16-7-9-17(10-8-16)15-20(26)24-18-5-2-1-3-6-18/h1-14H,15H2,(H,24,26)/b12-11+. The SMILES string of the molecule is O=C(Cc1ccc(/C=C/C(=O)c2ncccn2)cc1)Nc1ccccc1. The molecule has 2 aromatic carbocycles. The lowest BCUT2D eigenvalue weighted by molar-refractivity contribution is -0.115. The molecular weight excluding hydrogens is 326 g/mol. The zero-order valence-corrected chi connectivity index (χ0v) is 14.0. The number of hydrogen-bond acceptors (Lipinski definition) is 4. The Balaban J connectivity index is 1.57. The predicted octanol–water partition coefficient (Wildman–Crippen LogP) is 3.55. The Hall–Kier alpha value is -3.60. The van der Waals surface area contributed by atoms with Crippen LogP contribution in [0.25, 0.3) is 6.08 Å². The molecule has 0 aliphatic carbocycles. The molecule has 1 amide bonds. The molecule has 5 nitrogen and oxygen atoms in total. The van der Waals surface area contributed by atoms with Gasteiger partial charge in [-0.3, -0.25) is 9.59 Å². The van der Waals surface area contributed by atoms with Crippen molar-refractivity contribution in [2.24, 2.45) is 0 Å². The second-order valence-electron chi connectivity index (χ2n) is 5.60. The minimum Gasteiger partial charge on any atom is -0.326 e. The third-order valence-corrected chi connectivity index (χ3v) is 3.62. The van der Waals surface area contributed by atoms with E-state index < -0.39 is 0 Å². The quantitative estimate of drug-likeness (QED) is 0.549. The highest BCUT2D eigenvalue weighted by molar-refractivity contribution is 6.04. The molecule has 3 rings (SSSR count). The first-order valence-corrected chi connectivity index (χ1v) is 8.14. The maximum atomic E-state index is 12.1. The first-order chi connectivity index (χ1) is 12.7. The Bertz CT molecular complexity index is 905. The van der Waals surface area contributed by atoms with Gasteiger partial charge in [0.2, 0.25) is 11.7 Å². The molecule has 0 fully saturated rings. The third kappa shape index (κ3) is 4.95. The number of nitrogens with one attached hydrogen (secondary N) is 1. The first-order valence-electron chi connectivity index (χ1n) is 8.14. The molecule has 128 valence electrons. The second kappa shape index (κ2) is 8.48. The van der Waals surface area contributed by atoms with Crippen LogP contribution in [0.2, 0.25) is 0 Å². The number of nitrogens with zero attached hydrogens (tertiary/aromatic N) is 2. The lowest BCUT2D eigenvalue weighted by atomic mass is 10.1. The fourth-order valence-corrected chi connectivity index (χ4v) is 2.33. The van der Waals surface area contributed by atoms with Crippen LogP contribution in [-0.4, -0.2) is 21.7 Å². The molecular formula is C21H17N3O2. The average molecular weight is 343 g/mol. The Kier molecular flexibility index (Phi) is 5.62. The van der Waals surface area contributed by atoms with Crippen molar-refractivity contribution in [1.82, 2.24) is 9.97 Å². The largest absolute Gasteiger partial charge is 0.326 e. The molecule has 0 atom stereocenters. The number of ketones is 1. The van der Waals surface area contributed by atoms with Crippen molar-refractivity contribution in [1.29, 1.82) is 0 Å². The lowest BCUT2D eigenvalue weighted by Crippen LogP contribution is -2.14. The van der Waals surface area contributed by atoms with Gasteiger partial charge in [-0.25, -0.2) is 9.97 Å². The van der Waals surface area contributed by atoms with Gasteiger partial charge in [-0.15, -0.1) is 0 Å². The highest BCUT2D eigenvalue weighted by atomic mass is 16.1. The molecule has 5 heteroatoms. The number of benzene rings is 2. The van der Waals surface area contributed by atoms with Crippen molar-refractivity contribution in [3.05, 3.63) is 96.1 Å². The summed E-state index contributed by atoms with van der Waals surface area (Å²) in [5, 5.41) is 2.85. The van der Waals surface area contributed by atoms with Gasteiger partial charge in [0.1, 0.15) is 0 Å². The summed E-state index contributed by atoms with van der Waals surface area (Å²) in [6.45, 7) is 0. The zero-order valence-electron chi connectivity index (χ0n) is 14.0. The van der Waals surface area contributed by atoms with E-state index in [9.17, 15) is 9.59 Å². The van der Waals surface area contributed by atoms with Crippen LogP contribution in [-0.2, 0) is 11.2 Å². The summed E-state index contributed by atoms with van der Waals surface area (Å²) in [4.78, 5) is 31.8. The summed E-state index contributed by atoms with van der Waals surface area (Å²) in [7, 11) is 0. The van der Waals surface area contributed by atoms with E-state index in [1.807, 2.05) is 54.6 Å². The van der Waals surface area contributed by atoms with Crippen LogP contribution >= 0.6 is 0 Å². The van der Waals surface area contributed by atoms with E-state index in [1.54, 1.807) is 12.1 Å². The summed E-state index contributed by atoms with van der Waals surface area (Å²) < 4.78 is 0. The highest BCUT2D eigenvalue weighted by Gasteiger charge is 2.05. The molecule has 26 heavy (non-hydrogen) atoms. The summed E-state index contributed by atoms with van der Waals surface area (Å²) >= 11 is 0. The van der Waals surface area contributed by atoms with E-state index in [-0.39, 0.29) is 23.9 Å². The number of carbonyl (C=O) groups is 2. The van der Waals surface area contributed by atoms with E-state index in [1.165, 1.54) is 18.5 Å². The van der Waals surface area contributed by atoms with Gasteiger partial charge in [-0.2, -0.15) is 0 Å². The van der Waals surface area contributed by atoms with Gasteiger partial charge in [-0.05, 0) is 35.4 Å². The minimum atomic E-state index is -0.253. The van der Waals surface area contributed by atoms with Crippen LogP contribution in [0.15, 0.2) is 79.1 Å². The molecule has 0 saturated heterocycles. The Morgan fingerprint density at radius 1 is 0.885 bits per heavy atom. The van der Waals surface area contributed by atoms with Crippen molar-refractivity contribution >= 4 is 23.5 Å². The minimum absolute atomic E-state index is 0.0732. The van der Waals surface area contributed by atoms with E-state index in [0.717, 1.165) is 16.8 Å². The molecule has 0 radical (unpaired) electrons. The van der Waals surface area contributed by atoms with Crippen LogP contribution in [0.1, 0.15) is 21.7 Å². The molecule has 0 bridgehead atoms. The lowest BCUT2D eigenvalue weighted by Gasteiger charge is -2.05. The van der Waals surface area contributed by atoms with Gasteiger partial charge in [0, 0.05) is 18.1 Å². The van der Waals surface area contributed by atoms with E-state index >= 15 is 0 Å². The van der Waals surface area contributed by atoms with Gasteiger partial charge in [-0.1, -0.05) is 48.5 Å². The first kappa shape index (κ1) is 17.2. The Morgan fingerprint density at radius 3 is 2.27 bits per heavy atom. The predicted molar refractivity (Wildman–Crippen MR) is 101 cm³/mol. The molecule has 1 N–H and O–H groups in total. The van der Waals surface area contributed by atoms with Gasteiger partial charge in [0.15, 0.2) is 5.82 Å². The Morgan fingerprint density at radius 2 is 1.58 bits per heavy atom. The van der Waals surface area contributed by atoms with Crippen LogP contribution in [0, 0.1) is 0 Å². The summed E-state index contributed by atoms with van der Waals surface area (Å²) in [6.07, 6.45) is 6.49. The number of para-hydroxylation sites is 1. The number of amides is 1. The topological polar surface area (TPSA) is 72.0 Å². The molecule has 1 aromatic heterocycles. The van der Waals surface area contributed by atoms with E-state index in [2.05, 4.69) is 15.3 Å². The van der Waals surface area contributed by atoms with Crippen LogP contribution < -0.4 is 5.32 Å². The molecule has 0 aliphatic rings. The number of anilines is 1. The molecule has 0 unspecified atom stereocenters. The number of allylic oxidation sites excluding steroid dienone is 1. The molecule has 0 saturated carbocycles. The van der Waals surface area contributed by atoms with Crippen LogP contribution in [0.4, 0.5) is 5.69 Å². The van der Waals surface area contributed by atoms with Gasteiger partial charge in [0.25, 0.3) is 0 Å². The van der Waals surface area contributed by atoms with Crippen molar-refractivity contribution in [3.8, 4) is 0 Å². The number of carbonyl (C=O) groups excluding carboxylic acids is 2. The van der Waals surface area contributed by atoms with E-state index in [4.69, 9.17) is 0 Å². The molecule has 1 heterocycles. The monoisotopic (exact) mass is 343 g/mol. The Labute approximate surface area is 151 Å². The highest BCUT2D eigenvalue weighted by Crippen LogP contribution is 2.10. The van der Waals surface area contributed by atoms with Gasteiger partial charge in [0.05, 0.1) is 6.42 Å². The van der Waals surface area contributed by atoms with Crippen molar-refractivity contribution in [2.45, 2.75) is 6.42 Å². The van der Waals surface area contributed by atoms with Gasteiger partial charge < -0.3 is 5.32 Å². The van der Waals surface area contributed by atoms with Gasteiger partial charge >= 0.3 is 0 Å². The zero-order chi connectivity index (χ0) is 18.2. The average Bonchev–Trinajstić information content (AvgIpc) is 2.68. The second-order valence-corrected chi connectivity index (χ2v) is 5.60. The molecule has 0 spiro atoms. The molecule has 0 aliphatic heterocycles. The fourth-order valence-electron chi connectivity index (χ4n) is 2.33. The number of aromatic nitrogens is 2. The van der Waals surface area contributed by atoms with Crippen molar-refractivity contribution in [2.75, 3.05) is 5.32 Å². The summed E-state index contributed by atoms with van der Waals surface area (Å²) in [5.41, 5.74) is 2.54. The normalized spacial score (nSPS) is 10.6. The fraction of sp³-hybridized carbons (Fsp3) is 0.0476. The number of rotatable bonds is 6. The van der Waals surface area contributed by atoms with E-state index in [0.29, 0.717) is 0 Å². The maximum Gasteiger partial charge on any atom is 0.228 e. The smallest absolute Gasteiger partial charge is 0.228 e. The number of hydrogen-bond donors (Lipinski definition) is 1. The molecule has 3 aromatic rings. The summed E-state index contributed by atoms with van der Waals surface area (Å²) in [5.74, 6) is -0.161. The third-order valence-electron chi connectivity index (χ3n) is 3.62.